The Kier molecular flexibility index (Phi) is 8.38. The highest BCUT2D eigenvalue weighted by atomic mass is 35.5. The van der Waals surface area contributed by atoms with Gasteiger partial charge in [0.2, 0.25) is 5.91 Å². The molecule has 3 rings (SSSR count). The maximum atomic E-state index is 12.9. The van der Waals surface area contributed by atoms with Crippen molar-refractivity contribution in [1.82, 2.24) is 14.8 Å². The van der Waals surface area contributed by atoms with E-state index in [4.69, 9.17) is 16.3 Å². The Hall–Kier alpha value is -2.72. The van der Waals surface area contributed by atoms with Crippen LogP contribution in [0.2, 0.25) is 5.02 Å². The normalized spacial score (nSPS) is 12.0. The molecule has 1 amide bonds. The molecular formula is C24H26ClF3N4O2S. The Balaban J connectivity index is 1.60. The first-order valence-corrected chi connectivity index (χ1v) is 12.2. The topological polar surface area (TPSA) is 69.0 Å². The Morgan fingerprint density at radius 2 is 1.74 bits per heavy atom. The van der Waals surface area contributed by atoms with Gasteiger partial charge in [0.15, 0.2) is 11.0 Å². The predicted octanol–water partition coefficient (Wildman–Crippen LogP) is 6.58. The maximum Gasteiger partial charge on any atom is 0.416 e. The second kappa shape index (κ2) is 10.9. The van der Waals surface area contributed by atoms with Gasteiger partial charge in [0, 0.05) is 6.54 Å². The van der Waals surface area contributed by atoms with Crippen LogP contribution in [0.4, 0.5) is 18.9 Å². The molecule has 0 aliphatic carbocycles. The van der Waals surface area contributed by atoms with Crippen LogP contribution in [0.15, 0.2) is 47.6 Å². The zero-order chi connectivity index (χ0) is 25.8. The summed E-state index contributed by atoms with van der Waals surface area (Å²) in [6.45, 7) is 9.08. The molecule has 1 aromatic heterocycles. The lowest BCUT2D eigenvalue weighted by Crippen LogP contribution is -2.16. The SMILES string of the molecule is CCn1c(COc2ccc(C(C)(C)C)cc2)nnc1SCC(=O)Nc1cc(C(F)(F)F)ccc1Cl. The molecule has 0 unspecified atom stereocenters. The molecule has 1 heterocycles. The molecule has 0 saturated carbocycles. The number of thioether (sulfide) groups is 1. The molecule has 0 fully saturated rings. The largest absolute Gasteiger partial charge is 0.486 e. The molecule has 0 bridgehead atoms. The van der Waals surface area contributed by atoms with E-state index in [-0.39, 0.29) is 28.5 Å². The Morgan fingerprint density at radius 1 is 1.09 bits per heavy atom. The predicted molar refractivity (Wildman–Crippen MR) is 131 cm³/mol. The second-order valence-electron chi connectivity index (χ2n) is 8.74. The fraction of sp³-hybridized carbons (Fsp3) is 0.375. The minimum Gasteiger partial charge on any atom is -0.486 e. The molecule has 3 aromatic rings. The summed E-state index contributed by atoms with van der Waals surface area (Å²) < 4.78 is 46.5. The Bertz CT molecular complexity index is 1170. The minimum absolute atomic E-state index is 0.0167. The number of carbonyl (C=O) groups excluding carboxylic acids is 1. The molecular weight excluding hydrogens is 501 g/mol. The molecule has 0 atom stereocenters. The minimum atomic E-state index is -4.54. The van der Waals surface area contributed by atoms with E-state index in [2.05, 4.69) is 36.3 Å². The number of anilines is 1. The van der Waals surface area contributed by atoms with Crippen LogP contribution in [0.1, 0.15) is 44.6 Å². The van der Waals surface area contributed by atoms with Gasteiger partial charge in [-0.15, -0.1) is 10.2 Å². The zero-order valence-corrected chi connectivity index (χ0v) is 21.3. The van der Waals surface area contributed by atoms with Crippen LogP contribution in [-0.2, 0) is 29.5 Å². The van der Waals surface area contributed by atoms with Gasteiger partial charge < -0.3 is 14.6 Å². The second-order valence-corrected chi connectivity index (χ2v) is 10.1. The summed E-state index contributed by atoms with van der Waals surface area (Å²) in [7, 11) is 0. The molecule has 2 aromatic carbocycles. The lowest BCUT2D eigenvalue weighted by molar-refractivity contribution is -0.137. The van der Waals surface area contributed by atoms with Gasteiger partial charge in [-0.1, -0.05) is 56.3 Å². The van der Waals surface area contributed by atoms with Crippen molar-refractivity contribution in [2.75, 3.05) is 11.1 Å². The van der Waals surface area contributed by atoms with Crippen molar-refractivity contribution in [2.45, 2.75) is 57.6 Å². The summed E-state index contributed by atoms with van der Waals surface area (Å²) in [5, 5.41) is 11.2. The number of nitrogens with one attached hydrogen (secondary N) is 1. The van der Waals surface area contributed by atoms with Gasteiger partial charge in [0.1, 0.15) is 12.4 Å². The monoisotopic (exact) mass is 526 g/mol. The van der Waals surface area contributed by atoms with Crippen LogP contribution in [0.3, 0.4) is 0 Å². The number of amides is 1. The van der Waals surface area contributed by atoms with Crippen molar-refractivity contribution in [1.29, 1.82) is 0 Å². The molecule has 0 radical (unpaired) electrons. The van der Waals surface area contributed by atoms with E-state index in [1.807, 2.05) is 35.8 Å². The molecule has 6 nitrogen and oxygen atoms in total. The zero-order valence-electron chi connectivity index (χ0n) is 19.7. The first-order chi connectivity index (χ1) is 16.4. The lowest BCUT2D eigenvalue weighted by atomic mass is 9.87. The van der Waals surface area contributed by atoms with Crippen molar-refractivity contribution >= 4 is 35.0 Å². The number of benzene rings is 2. The van der Waals surface area contributed by atoms with Crippen LogP contribution in [0, 0.1) is 0 Å². The van der Waals surface area contributed by atoms with E-state index in [9.17, 15) is 18.0 Å². The summed E-state index contributed by atoms with van der Waals surface area (Å²) in [5.74, 6) is 0.699. The van der Waals surface area contributed by atoms with Gasteiger partial charge in [-0.05, 0) is 48.2 Å². The van der Waals surface area contributed by atoms with Crippen molar-refractivity contribution < 1.29 is 22.7 Å². The van der Waals surface area contributed by atoms with Crippen LogP contribution < -0.4 is 10.1 Å². The number of hydrogen-bond acceptors (Lipinski definition) is 5. The van der Waals surface area contributed by atoms with Crippen molar-refractivity contribution in [3.63, 3.8) is 0 Å². The number of alkyl halides is 3. The van der Waals surface area contributed by atoms with Crippen molar-refractivity contribution in [3.8, 4) is 5.75 Å². The van der Waals surface area contributed by atoms with Gasteiger partial charge in [-0.3, -0.25) is 4.79 Å². The molecule has 0 saturated heterocycles. The highest BCUT2D eigenvalue weighted by molar-refractivity contribution is 7.99. The highest BCUT2D eigenvalue weighted by Gasteiger charge is 2.31. The van der Waals surface area contributed by atoms with E-state index in [0.717, 1.165) is 30.0 Å². The van der Waals surface area contributed by atoms with Crippen molar-refractivity contribution in [2.24, 2.45) is 0 Å². The van der Waals surface area contributed by atoms with Crippen LogP contribution >= 0.6 is 23.4 Å². The molecule has 1 N–H and O–H groups in total. The first-order valence-electron chi connectivity index (χ1n) is 10.8. The smallest absolute Gasteiger partial charge is 0.416 e. The van der Waals surface area contributed by atoms with Gasteiger partial charge in [-0.25, -0.2) is 0 Å². The summed E-state index contributed by atoms with van der Waals surface area (Å²) in [5.41, 5.74) is 0.250. The number of ether oxygens (including phenoxy) is 1. The van der Waals surface area contributed by atoms with Gasteiger partial charge in [0.05, 0.1) is 22.0 Å². The molecule has 0 aliphatic heterocycles. The third-order valence-electron chi connectivity index (χ3n) is 5.10. The van der Waals surface area contributed by atoms with Gasteiger partial charge >= 0.3 is 6.18 Å². The Labute approximate surface area is 211 Å². The fourth-order valence-electron chi connectivity index (χ4n) is 3.16. The molecule has 0 aliphatic rings. The molecule has 0 spiro atoms. The van der Waals surface area contributed by atoms with Gasteiger partial charge in [0.25, 0.3) is 0 Å². The Morgan fingerprint density at radius 3 is 2.34 bits per heavy atom. The number of nitrogens with zero attached hydrogens (tertiary/aromatic N) is 3. The molecule has 35 heavy (non-hydrogen) atoms. The third-order valence-corrected chi connectivity index (χ3v) is 6.39. The highest BCUT2D eigenvalue weighted by Crippen LogP contribution is 2.34. The quantitative estimate of drug-likeness (QED) is 0.336. The standard InChI is InChI=1S/C24H26ClF3N4O2S/c1-5-32-20(13-34-17-9-6-15(7-10-17)23(2,3)4)30-31-22(32)35-14-21(33)29-19-12-16(24(26,27)28)8-11-18(19)25/h6-12H,5,13-14H2,1-4H3,(H,29,33). The van der Waals surface area contributed by atoms with Gasteiger partial charge in [-0.2, -0.15) is 13.2 Å². The van der Waals surface area contributed by atoms with E-state index >= 15 is 0 Å². The number of halogens is 4. The van der Waals surface area contributed by atoms with E-state index in [1.165, 1.54) is 5.56 Å². The first kappa shape index (κ1) is 26.9. The van der Waals surface area contributed by atoms with Crippen LogP contribution in [-0.4, -0.2) is 26.4 Å². The van der Waals surface area contributed by atoms with E-state index in [0.29, 0.717) is 23.3 Å². The lowest BCUT2D eigenvalue weighted by Gasteiger charge is -2.19. The summed E-state index contributed by atoms with van der Waals surface area (Å²) in [4.78, 5) is 12.4. The average molecular weight is 527 g/mol. The summed E-state index contributed by atoms with van der Waals surface area (Å²) in [6.07, 6.45) is -4.54. The fourth-order valence-corrected chi connectivity index (χ4v) is 4.15. The van der Waals surface area contributed by atoms with E-state index in [1.54, 1.807) is 0 Å². The molecule has 188 valence electrons. The summed E-state index contributed by atoms with van der Waals surface area (Å²) >= 11 is 7.06. The number of aromatic nitrogens is 3. The van der Waals surface area contributed by atoms with Crippen LogP contribution in [0.25, 0.3) is 0 Å². The number of carbonyl (C=O) groups is 1. The number of rotatable bonds is 8. The summed E-state index contributed by atoms with van der Waals surface area (Å²) in [6, 6.07) is 10.6. The van der Waals surface area contributed by atoms with E-state index < -0.39 is 17.6 Å². The maximum absolute atomic E-state index is 12.9. The van der Waals surface area contributed by atoms with Crippen molar-refractivity contribution in [3.05, 3.63) is 64.4 Å². The molecule has 11 heteroatoms. The number of hydrogen-bond donors (Lipinski definition) is 1. The van der Waals surface area contributed by atoms with Crippen LogP contribution in [0.5, 0.6) is 5.75 Å². The third kappa shape index (κ3) is 7.14. The average Bonchev–Trinajstić information content (AvgIpc) is 3.18.